The molecule has 0 aromatic heterocycles. The Hall–Kier alpha value is -0.450. The number of unbranched alkanes of at least 4 members (excludes halogenated alkanes) is 6. The molecule has 0 aliphatic rings. The van der Waals surface area contributed by atoms with Gasteiger partial charge in [0.05, 0.1) is 0 Å². The van der Waals surface area contributed by atoms with Crippen LogP contribution >= 0.6 is 0 Å². The topological polar surface area (TPSA) is 83.4 Å². The van der Waals surface area contributed by atoms with Gasteiger partial charge in [-0.3, -0.25) is 0 Å². The van der Waals surface area contributed by atoms with Crippen LogP contribution in [0.1, 0.15) is 57.4 Å². The molecule has 5 heteroatoms. The van der Waals surface area contributed by atoms with Crippen LogP contribution in [0.25, 0.3) is 0 Å². The van der Waals surface area contributed by atoms with Crippen molar-refractivity contribution in [3.8, 4) is 5.75 Å². The Morgan fingerprint density at radius 2 is 1.52 bits per heavy atom. The van der Waals surface area contributed by atoms with Crippen molar-refractivity contribution in [3.63, 3.8) is 0 Å². The number of carboxylic acid groups (broad SMARTS) is 2. The summed E-state index contributed by atoms with van der Waals surface area (Å²) in [6, 6.07) is 7.39. The predicted octanol–water partition coefficient (Wildman–Crippen LogP) is 2.56. The summed E-state index contributed by atoms with van der Waals surface area (Å²) in [5.41, 5.74) is 0.982. The van der Waals surface area contributed by atoms with E-state index in [-0.39, 0.29) is 43.5 Å². The van der Waals surface area contributed by atoms with Crippen LogP contribution in [0.5, 0.6) is 5.75 Å². The van der Waals surface area contributed by atoms with Crippen molar-refractivity contribution in [2.75, 3.05) is 0 Å². The number of rotatable bonds is 8. The van der Waals surface area contributed by atoms with Crippen molar-refractivity contribution in [2.24, 2.45) is 0 Å². The molecule has 0 saturated heterocycles. The molecule has 0 saturated carbocycles. The molecule has 0 aliphatic carbocycles. The van der Waals surface area contributed by atoms with Crippen molar-refractivity contribution in [1.29, 1.82) is 0 Å². The summed E-state index contributed by atoms with van der Waals surface area (Å²) >= 11 is 0. The second-order valence-electron chi connectivity index (χ2n) is 4.74. The molecule has 114 valence electrons. The van der Waals surface area contributed by atoms with Crippen LogP contribution in [0, 0.1) is 0 Å². The number of hydrogen-bond acceptors (Lipinski definition) is 3. The van der Waals surface area contributed by atoms with Gasteiger partial charge in [-0.05, 0) is 12.8 Å². The Labute approximate surface area is 157 Å². The van der Waals surface area contributed by atoms with Crippen molar-refractivity contribution in [1.82, 2.24) is 0 Å². The van der Waals surface area contributed by atoms with Gasteiger partial charge in [0.1, 0.15) is 0 Å². The van der Waals surface area contributed by atoms with Gasteiger partial charge in [-0.15, -0.1) is 5.75 Å². The molecule has 0 radical (unpaired) electrons. The van der Waals surface area contributed by atoms with E-state index in [1.165, 1.54) is 38.5 Å². The maximum absolute atomic E-state index is 11.4. The van der Waals surface area contributed by atoms with E-state index >= 15 is 0 Å². The molecule has 0 spiro atoms. The van der Waals surface area contributed by atoms with Gasteiger partial charge in [-0.2, -0.15) is 0 Å². The standard InChI is InChI=1S/C15H24O.CH2O3.Ca/c1-2-3-4-5-6-7-8-11-14-12-9-10-13-15(14)16;2-1(3)4;/h9-10,12-13,16H,2-8,11H2,1H3;(H2,2,3,4);/q;;+2/p-2. The molecule has 21 heavy (non-hydrogen) atoms. The zero-order valence-electron chi connectivity index (χ0n) is 12.8. The van der Waals surface area contributed by atoms with E-state index in [0.29, 0.717) is 0 Å². The molecule has 0 heterocycles. The Bertz CT molecular complexity index is 365. The van der Waals surface area contributed by atoms with E-state index < -0.39 is 6.16 Å². The van der Waals surface area contributed by atoms with Crippen LogP contribution in [0.4, 0.5) is 4.79 Å². The van der Waals surface area contributed by atoms with Crippen molar-refractivity contribution >= 4 is 43.9 Å². The second-order valence-corrected chi connectivity index (χ2v) is 4.74. The quantitative estimate of drug-likeness (QED) is 0.589. The van der Waals surface area contributed by atoms with Gasteiger partial charge in [-0.1, -0.05) is 75.3 Å². The average molecular weight is 320 g/mol. The van der Waals surface area contributed by atoms with E-state index in [2.05, 4.69) is 6.92 Å². The van der Waals surface area contributed by atoms with Crippen molar-refractivity contribution < 1.29 is 20.1 Å². The molecule has 0 unspecified atom stereocenters. The Kier molecular flexibility index (Phi) is 17.3. The van der Waals surface area contributed by atoms with Crippen LogP contribution in [-0.4, -0.2) is 49.0 Å². The molecule has 1 N–H and O–H groups in total. The fourth-order valence-electron chi connectivity index (χ4n) is 1.98. The first-order valence-corrected chi connectivity index (χ1v) is 7.22. The average Bonchev–Trinajstić information content (AvgIpc) is 2.39. The first kappa shape index (κ1) is 22.8. The number of para-hydroxylation sites is 1. The molecule has 0 aliphatic heterocycles. The minimum Gasteiger partial charge on any atom is -0.872 e. The van der Waals surface area contributed by atoms with Crippen LogP contribution < -0.4 is 10.2 Å². The van der Waals surface area contributed by atoms with E-state index in [1.54, 1.807) is 6.07 Å². The van der Waals surface area contributed by atoms with Crippen LogP contribution in [0.3, 0.4) is 0 Å². The summed E-state index contributed by atoms with van der Waals surface area (Å²) in [6.07, 6.45) is 8.01. The smallest absolute Gasteiger partial charge is 0.872 e. The summed E-state index contributed by atoms with van der Waals surface area (Å²) in [6.45, 7) is 2.24. The fraction of sp³-hybridized carbons (Fsp3) is 0.562. The first-order chi connectivity index (χ1) is 9.57. The van der Waals surface area contributed by atoms with Gasteiger partial charge in [0.25, 0.3) is 0 Å². The van der Waals surface area contributed by atoms with Crippen molar-refractivity contribution in [2.45, 2.75) is 58.3 Å². The Morgan fingerprint density at radius 3 is 2.05 bits per heavy atom. The summed E-state index contributed by atoms with van der Waals surface area (Å²) in [7, 11) is 0. The molecular weight excluding hydrogens is 296 g/mol. The number of aryl methyl sites for hydroxylation is 1. The van der Waals surface area contributed by atoms with E-state index in [4.69, 9.17) is 15.0 Å². The second kappa shape index (κ2) is 15.9. The van der Waals surface area contributed by atoms with Crippen LogP contribution in [-0.2, 0) is 6.42 Å². The summed E-state index contributed by atoms with van der Waals surface area (Å²) < 4.78 is 0. The maximum atomic E-state index is 11.4. The normalized spacial score (nSPS) is 9.19. The Morgan fingerprint density at radius 1 is 1.05 bits per heavy atom. The SMILES string of the molecule is CCCCCCCCCc1ccccc1[O-].O=C([O-])O.[Ca+2]. The fourth-order valence-corrected chi connectivity index (χ4v) is 1.98. The monoisotopic (exact) mass is 320 g/mol. The number of hydrogen-bond donors (Lipinski definition) is 1. The van der Waals surface area contributed by atoms with E-state index in [1.807, 2.05) is 18.2 Å². The third-order valence-corrected chi connectivity index (χ3v) is 3.02. The largest absolute Gasteiger partial charge is 2.00 e. The van der Waals surface area contributed by atoms with Gasteiger partial charge in [0.15, 0.2) is 0 Å². The maximum Gasteiger partial charge on any atom is 2.00 e. The van der Waals surface area contributed by atoms with Crippen LogP contribution in [0.15, 0.2) is 24.3 Å². The molecule has 4 nitrogen and oxygen atoms in total. The van der Waals surface area contributed by atoms with Gasteiger partial charge in [0.2, 0.25) is 6.16 Å². The van der Waals surface area contributed by atoms with E-state index in [9.17, 15) is 5.11 Å². The molecule has 1 aromatic rings. The molecule has 0 atom stereocenters. The predicted molar refractivity (Wildman–Crippen MR) is 81.4 cm³/mol. The van der Waals surface area contributed by atoms with Crippen molar-refractivity contribution in [3.05, 3.63) is 29.8 Å². The summed E-state index contributed by atoms with van der Waals surface area (Å²) in [5.74, 6) is 0.202. The zero-order valence-corrected chi connectivity index (χ0v) is 15.1. The van der Waals surface area contributed by atoms with Gasteiger partial charge >= 0.3 is 37.7 Å². The molecular formula is C16H24CaO4. The molecule has 1 rings (SSSR count). The Balaban J connectivity index is 0. The molecule has 0 fully saturated rings. The van der Waals surface area contributed by atoms with Crippen LogP contribution in [0.2, 0.25) is 0 Å². The van der Waals surface area contributed by atoms with Gasteiger partial charge < -0.3 is 20.1 Å². The minimum absolute atomic E-state index is 0. The molecule has 0 bridgehead atoms. The van der Waals surface area contributed by atoms with Gasteiger partial charge in [-0.25, -0.2) is 0 Å². The molecule has 1 aromatic carbocycles. The van der Waals surface area contributed by atoms with E-state index in [0.717, 1.165) is 18.4 Å². The third-order valence-electron chi connectivity index (χ3n) is 3.02. The minimum atomic E-state index is -2.08. The number of benzene rings is 1. The summed E-state index contributed by atoms with van der Waals surface area (Å²) in [4.78, 5) is 8.44. The zero-order chi connectivity index (χ0) is 15.2. The molecule has 0 amide bonds. The van der Waals surface area contributed by atoms with Gasteiger partial charge in [0, 0.05) is 0 Å². The third kappa shape index (κ3) is 15.8. The number of carbonyl (C=O) groups is 1. The summed E-state index contributed by atoms with van der Waals surface area (Å²) in [5, 5.41) is 26.7. The first-order valence-electron chi connectivity index (χ1n) is 7.22.